The van der Waals surface area contributed by atoms with Crippen LogP contribution in [0.4, 0.5) is 0 Å². The number of piperidine rings is 1. The van der Waals surface area contributed by atoms with Crippen LogP contribution in [0.25, 0.3) is 0 Å². The Balaban J connectivity index is 1.81. The van der Waals surface area contributed by atoms with Gasteiger partial charge in [0.25, 0.3) is 5.91 Å². The molecule has 1 saturated heterocycles. The summed E-state index contributed by atoms with van der Waals surface area (Å²) >= 11 is 0. The largest absolute Gasteiger partial charge is 0.550 e. The van der Waals surface area contributed by atoms with Crippen LogP contribution in [-0.4, -0.2) is 50.0 Å². The highest BCUT2D eigenvalue weighted by Gasteiger charge is 2.28. The average molecular weight is 339 g/mol. The second-order valence-electron chi connectivity index (χ2n) is 5.43. The molecule has 0 spiro atoms. The predicted molar refractivity (Wildman–Crippen MR) is 81.9 cm³/mol. The first kappa shape index (κ1) is 17.4. The molecular weight excluding hydrogens is 320 g/mol. The molecule has 0 radical (unpaired) electrons. The summed E-state index contributed by atoms with van der Waals surface area (Å²) in [4.78, 5) is 22.6. The molecule has 1 aliphatic heterocycles. The Morgan fingerprint density at radius 3 is 2.35 bits per heavy atom. The van der Waals surface area contributed by atoms with E-state index >= 15 is 0 Å². The van der Waals surface area contributed by atoms with Gasteiger partial charge in [0.1, 0.15) is 0 Å². The molecule has 0 unspecified atom stereocenters. The van der Waals surface area contributed by atoms with Crippen LogP contribution in [0.1, 0.15) is 23.2 Å². The standard InChI is InChI=1S/C15H20N2O5S/c18-14(12-4-2-1-3-5-12)16-8-11-23(21,22)17-9-6-13(7-10-17)15(19)20/h1-5,13H,6-11H2,(H,16,18)(H,19,20)/p-1. The maximum Gasteiger partial charge on any atom is 0.251 e. The summed E-state index contributed by atoms with van der Waals surface area (Å²) < 4.78 is 25.7. The summed E-state index contributed by atoms with van der Waals surface area (Å²) in [7, 11) is -3.51. The minimum Gasteiger partial charge on any atom is -0.550 e. The van der Waals surface area contributed by atoms with E-state index in [2.05, 4.69) is 5.32 Å². The third-order valence-electron chi connectivity index (χ3n) is 3.86. The summed E-state index contributed by atoms with van der Waals surface area (Å²) in [5.74, 6) is -2.24. The van der Waals surface area contributed by atoms with Gasteiger partial charge in [0, 0.05) is 37.1 Å². The third kappa shape index (κ3) is 4.77. The van der Waals surface area contributed by atoms with E-state index in [9.17, 15) is 23.1 Å². The fourth-order valence-electron chi connectivity index (χ4n) is 2.48. The fourth-order valence-corrected chi connectivity index (χ4v) is 3.87. The van der Waals surface area contributed by atoms with Gasteiger partial charge in [-0.3, -0.25) is 4.79 Å². The quantitative estimate of drug-likeness (QED) is 0.731. The number of carbonyl (C=O) groups excluding carboxylic acids is 2. The normalized spacial score (nSPS) is 16.9. The molecule has 2 rings (SSSR count). The fraction of sp³-hybridized carbons (Fsp3) is 0.467. The number of sulfonamides is 1. The van der Waals surface area contributed by atoms with E-state index < -0.39 is 21.9 Å². The Morgan fingerprint density at radius 1 is 1.17 bits per heavy atom. The molecule has 1 heterocycles. The molecule has 0 aliphatic carbocycles. The van der Waals surface area contributed by atoms with Crippen molar-refractivity contribution in [1.29, 1.82) is 0 Å². The van der Waals surface area contributed by atoms with Gasteiger partial charge in [-0.15, -0.1) is 0 Å². The van der Waals surface area contributed by atoms with Crippen molar-refractivity contribution in [2.45, 2.75) is 12.8 Å². The zero-order valence-electron chi connectivity index (χ0n) is 12.6. The van der Waals surface area contributed by atoms with Crippen molar-refractivity contribution in [3.8, 4) is 0 Å². The molecule has 1 N–H and O–H groups in total. The van der Waals surface area contributed by atoms with Gasteiger partial charge >= 0.3 is 0 Å². The number of amides is 1. The first-order chi connectivity index (χ1) is 10.9. The van der Waals surface area contributed by atoms with Gasteiger partial charge < -0.3 is 15.2 Å². The molecule has 0 aromatic heterocycles. The zero-order chi connectivity index (χ0) is 16.9. The van der Waals surface area contributed by atoms with Crippen molar-refractivity contribution in [3.05, 3.63) is 35.9 Å². The van der Waals surface area contributed by atoms with Crippen LogP contribution < -0.4 is 10.4 Å². The number of hydrogen-bond donors (Lipinski definition) is 1. The molecule has 0 saturated carbocycles. The molecule has 23 heavy (non-hydrogen) atoms. The number of carboxylic acids is 1. The SMILES string of the molecule is O=C(NCCS(=O)(=O)N1CCC(C(=O)[O-])CC1)c1ccccc1. The maximum absolute atomic E-state index is 12.2. The van der Waals surface area contributed by atoms with E-state index in [-0.39, 0.29) is 44.1 Å². The lowest BCUT2D eigenvalue weighted by atomic mass is 9.99. The first-order valence-corrected chi connectivity index (χ1v) is 9.03. The van der Waals surface area contributed by atoms with Crippen molar-refractivity contribution in [1.82, 2.24) is 9.62 Å². The Morgan fingerprint density at radius 2 is 1.78 bits per heavy atom. The predicted octanol–water partition coefficient (Wildman–Crippen LogP) is -0.792. The number of carboxylic acid groups (broad SMARTS) is 1. The molecule has 0 bridgehead atoms. The molecule has 0 atom stereocenters. The van der Waals surface area contributed by atoms with Crippen LogP contribution >= 0.6 is 0 Å². The summed E-state index contributed by atoms with van der Waals surface area (Å²) in [5, 5.41) is 13.3. The molecule has 1 fully saturated rings. The average Bonchev–Trinajstić information content (AvgIpc) is 2.55. The van der Waals surface area contributed by atoms with Crippen LogP contribution in [0, 0.1) is 5.92 Å². The summed E-state index contributed by atoms with van der Waals surface area (Å²) in [5.41, 5.74) is 0.472. The van der Waals surface area contributed by atoms with Crippen LogP contribution in [0.2, 0.25) is 0 Å². The third-order valence-corrected chi connectivity index (χ3v) is 5.73. The summed E-state index contributed by atoms with van der Waals surface area (Å²) in [6.07, 6.45) is 0.524. The molecule has 8 heteroatoms. The summed E-state index contributed by atoms with van der Waals surface area (Å²) in [6.45, 7) is 0.359. The number of hydrogen-bond acceptors (Lipinski definition) is 5. The molecule has 126 valence electrons. The van der Waals surface area contributed by atoms with Crippen molar-refractivity contribution in [2.75, 3.05) is 25.4 Å². The van der Waals surface area contributed by atoms with Crippen molar-refractivity contribution in [2.24, 2.45) is 5.92 Å². The van der Waals surface area contributed by atoms with Gasteiger partial charge in [0.05, 0.1) is 5.75 Å². The van der Waals surface area contributed by atoms with Crippen LogP contribution in [-0.2, 0) is 14.8 Å². The van der Waals surface area contributed by atoms with Gasteiger partial charge in [0.2, 0.25) is 10.0 Å². The Kier molecular flexibility index (Phi) is 5.73. The lowest BCUT2D eigenvalue weighted by Crippen LogP contribution is -2.45. The molecule has 1 aromatic carbocycles. The molecule has 7 nitrogen and oxygen atoms in total. The highest BCUT2D eigenvalue weighted by molar-refractivity contribution is 7.89. The lowest BCUT2D eigenvalue weighted by molar-refractivity contribution is -0.312. The minimum atomic E-state index is -3.51. The van der Waals surface area contributed by atoms with Crippen LogP contribution in [0.5, 0.6) is 0 Å². The smallest absolute Gasteiger partial charge is 0.251 e. The Hall–Kier alpha value is -1.93. The van der Waals surface area contributed by atoms with Crippen LogP contribution in [0.3, 0.4) is 0 Å². The number of nitrogens with zero attached hydrogens (tertiary/aromatic N) is 1. The Labute approximate surface area is 135 Å². The van der Waals surface area contributed by atoms with E-state index in [0.29, 0.717) is 5.56 Å². The van der Waals surface area contributed by atoms with Gasteiger partial charge in [-0.1, -0.05) is 18.2 Å². The second kappa shape index (κ2) is 7.56. The van der Waals surface area contributed by atoms with Crippen molar-refractivity contribution in [3.63, 3.8) is 0 Å². The monoisotopic (exact) mass is 339 g/mol. The molecule has 1 aromatic rings. The topological polar surface area (TPSA) is 107 Å². The van der Waals surface area contributed by atoms with Crippen molar-refractivity contribution < 1.29 is 23.1 Å². The number of nitrogens with one attached hydrogen (secondary N) is 1. The lowest BCUT2D eigenvalue weighted by Gasteiger charge is -2.31. The number of carbonyl (C=O) groups is 2. The molecule has 1 aliphatic rings. The summed E-state index contributed by atoms with van der Waals surface area (Å²) in [6, 6.07) is 8.54. The number of rotatable bonds is 6. The van der Waals surface area contributed by atoms with E-state index in [4.69, 9.17) is 0 Å². The van der Waals surface area contributed by atoms with Gasteiger partial charge in [-0.25, -0.2) is 12.7 Å². The van der Waals surface area contributed by atoms with E-state index in [0.717, 1.165) is 0 Å². The Bertz CT molecular complexity index is 652. The molecular formula is C15H19N2O5S-. The van der Waals surface area contributed by atoms with E-state index in [1.807, 2.05) is 0 Å². The number of benzene rings is 1. The van der Waals surface area contributed by atoms with Gasteiger partial charge in [0.15, 0.2) is 0 Å². The first-order valence-electron chi connectivity index (χ1n) is 7.42. The van der Waals surface area contributed by atoms with Crippen molar-refractivity contribution >= 4 is 21.9 Å². The minimum absolute atomic E-state index is 0.0104. The van der Waals surface area contributed by atoms with Gasteiger partial charge in [-0.2, -0.15) is 0 Å². The second-order valence-corrected chi connectivity index (χ2v) is 7.52. The molecule has 1 amide bonds. The van der Waals surface area contributed by atoms with Crippen LogP contribution in [0.15, 0.2) is 30.3 Å². The number of aliphatic carboxylic acids is 1. The van der Waals surface area contributed by atoms with E-state index in [1.165, 1.54) is 4.31 Å². The zero-order valence-corrected chi connectivity index (χ0v) is 13.4. The van der Waals surface area contributed by atoms with Gasteiger partial charge in [-0.05, 0) is 25.0 Å². The van der Waals surface area contributed by atoms with E-state index in [1.54, 1.807) is 30.3 Å². The highest BCUT2D eigenvalue weighted by Crippen LogP contribution is 2.19. The maximum atomic E-state index is 12.2. The highest BCUT2D eigenvalue weighted by atomic mass is 32.2.